The highest BCUT2D eigenvalue weighted by atomic mass is 32.2. The Labute approximate surface area is 92.6 Å². The van der Waals surface area contributed by atoms with Gasteiger partial charge in [-0.1, -0.05) is 48.6 Å². The molecule has 0 atom stereocenters. The molecular formula is C12H18O2S. The van der Waals surface area contributed by atoms with Gasteiger partial charge in [0.05, 0.1) is 11.5 Å². The normalized spacial score (nSPS) is 14.0. The molecule has 0 amide bonds. The minimum absolute atomic E-state index is 0.0948. The van der Waals surface area contributed by atoms with Crippen molar-refractivity contribution in [1.29, 1.82) is 0 Å². The van der Waals surface area contributed by atoms with Crippen LogP contribution in [0.25, 0.3) is 0 Å². The zero-order valence-corrected chi connectivity index (χ0v) is 10.1. The molecule has 0 radical (unpaired) electrons. The fraction of sp³-hybridized carbons (Fsp3) is 0.333. The lowest BCUT2D eigenvalue weighted by molar-refractivity contribution is 0.602. The largest absolute Gasteiger partial charge is 0.228 e. The molecule has 84 valence electrons. The fourth-order valence-corrected chi connectivity index (χ4v) is 1.80. The predicted molar refractivity (Wildman–Crippen MR) is 66.6 cm³/mol. The van der Waals surface area contributed by atoms with Gasteiger partial charge in [-0.2, -0.15) is 0 Å². The van der Waals surface area contributed by atoms with Gasteiger partial charge in [0.25, 0.3) is 0 Å². The first-order valence-electron chi connectivity index (χ1n) is 4.88. The van der Waals surface area contributed by atoms with E-state index in [-0.39, 0.29) is 11.5 Å². The van der Waals surface area contributed by atoms with Crippen molar-refractivity contribution in [2.24, 2.45) is 0 Å². The van der Waals surface area contributed by atoms with Crippen LogP contribution in [0.15, 0.2) is 48.6 Å². The Morgan fingerprint density at radius 1 is 0.800 bits per heavy atom. The zero-order chi connectivity index (χ0) is 11.6. The van der Waals surface area contributed by atoms with E-state index in [4.69, 9.17) is 0 Å². The summed E-state index contributed by atoms with van der Waals surface area (Å²) in [5, 5.41) is 0. The summed E-state index contributed by atoms with van der Waals surface area (Å²) in [6.45, 7) is 3.78. The van der Waals surface area contributed by atoms with Crippen molar-refractivity contribution in [2.45, 2.75) is 13.8 Å². The van der Waals surface area contributed by atoms with Crippen LogP contribution >= 0.6 is 0 Å². The molecule has 2 nitrogen and oxygen atoms in total. The van der Waals surface area contributed by atoms with Gasteiger partial charge in [-0.05, 0) is 13.8 Å². The number of hydrogen-bond donors (Lipinski definition) is 0. The summed E-state index contributed by atoms with van der Waals surface area (Å²) in [6, 6.07) is 0. The SMILES string of the molecule is CC=CC=CCS(=O)(=O)CC=CC=CC. The molecule has 0 N–H and O–H groups in total. The van der Waals surface area contributed by atoms with E-state index < -0.39 is 9.84 Å². The summed E-state index contributed by atoms with van der Waals surface area (Å²) < 4.78 is 22.8. The van der Waals surface area contributed by atoms with Crippen LogP contribution in [-0.4, -0.2) is 19.9 Å². The van der Waals surface area contributed by atoms with Crippen LogP contribution in [-0.2, 0) is 9.84 Å². The van der Waals surface area contributed by atoms with E-state index in [0.717, 1.165) is 0 Å². The fourth-order valence-electron chi connectivity index (χ4n) is 0.852. The van der Waals surface area contributed by atoms with Crippen LogP contribution < -0.4 is 0 Å². The maximum absolute atomic E-state index is 11.4. The molecule has 0 aliphatic carbocycles. The van der Waals surface area contributed by atoms with E-state index in [2.05, 4.69) is 0 Å². The lowest BCUT2D eigenvalue weighted by Gasteiger charge is -1.94. The highest BCUT2D eigenvalue weighted by Crippen LogP contribution is 1.93. The van der Waals surface area contributed by atoms with Crippen LogP contribution in [0.3, 0.4) is 0 Å². The van der Waals surface area contributed by atoms with E-state index in [1.165, 1.54) is 0 Å². The lowest BCUT2D eigenvalue weighted by Crippen LogP contribution is -2.07. The molecule has 0 rings (SSSR count). The van der Waals surface area contributed by atoms with Crippen LogP contribution in [0.5, 0.6) is 0 Å². The topological polar surface area (TPSA) is 34.1 Å². The lowest BCUT2D eigenvalue weighted by atomic mass is 10.5. The van der Waals surface area contributed by atoms with Gasteiger partial charge in [0.1, 0.15) is 0 Å². The van der Waals surface area contributed by atoms with Crippen molar-refractivity contribution in [3.8, 4) is 0 Å². The summed E-state index contributed by atoms with van der Waals surface area (Å²) in [5.74, 6) is 0.190. The third-order valence-electron chi connectivity index (χ3n) is 1.58. The van der Waals surface area contributed by atoms with Gasteiger partial charge < -0.3 is 0 Å². The monoisotopic (exact) mass is 226 g/mol. The standard InChI is InChI=1S/C12H18O2S/c1-3-5-7-9-11-15(13,14)12-10-8-6-4-2/h3-10H,11-12H2,1-2H3. The smallest absolute Gasteiger partial charge is 0.157 e. The van der Waals surface area contributed by atoms with Gasteiger partial charge in [0.15, 0.2) is 9.84 Å². The molecule has 0 bridgehead atoms. The molecule has 3 heteroatoms. The van der Waals surface area contributed by atoms with Gasteiger partial charge in [0.2, 0.25) is 0 Å². The molecular weight excluding hydrogens is 208 g/mol. The zero-order valence-electron chi connectivity index (χ0n) is 9.26. The third kappa shape index (κ3) is 9.22. The summed E-state index contributed by atoms with van der Waals surface area (Å²) in [5.41, 5.74) is 0. The molecule has 0 unspecified atom stereocenters. The second-order valence-electron chi connectivity index (χ2n) is 2.98. The first-order chi connectivity index (χ1) is 7.12. The molecule has 15 heavy (non-hydrogen) atoms. The second-order valence-corrected chi connectivity index (χ2v) is 5.14. The van der Waals surface area contributed by atoms with E-state index >= 15 is 0 Å². The Bertz CT molecular complexity index is 327. The summed E-state index contributed by atoms with van der Waals surface area (Å²) >= 11 is 0. The highest BCUT2D eigenvalue weighted by molar-refractivity contribution is 7.91. The van der Waals surface area contributed by atoms with Crippen molar-refractivity contribution in [3.05, 3.63) is 48.6 Å². The number of rotatable bonds is 6. The maximum atomic E-state index is 11.4. The molecule has 0 saturated carbocycles. The maximum Gasteiger partial charge on any atom is 0.157 e. The van der Waals surface area contributed by atoms with Gasteiger partial charge in [0, 0.05) is 0 Å². The molecule has 0 fully saturated rings. The average molecular weight is 226 g/mol. The number of hydrogen-bond acceptors (Lipinski definition) is 2. The Morgan fingerprint density at radius 3 is 1.53 bits per heavy atom. The Kier molecular flexibility index (Phi) is 7.64. The number of allylic oxidation sites excluding steroid dienone is 6. The number of sulfone groups is 1. The average Bonchev–Trinajstić information content (AvgIpc) is 2.20. The van der Waals surface area contributed by atoms with Crippen LogP contribution in [0, 0.1) is 0 Å². The summed E-state index contributed by atoms with van der Waals surface area (Å²) in [7, 11) is -2.98. The third-order valence-corrected chi connectivity index (χ3v) is 2.98. The van der Waals surface area contributed by atoms with Crippen molar-refractivity contribution < 1.29 is 8.42 Å². The van der Waals surface area contributed by atoms with Crippen LogP contribution in [0.1, 0.15) is 13.8 Å². The van der Waals surface area contributed by atoms with Crippen molar-refractivity contribution in [2.75, 3.05) is 11.5 Å². The van der Waals surface area contributed by atoms with Gasteiger partial charge in [-0.3, -0.25) is 0 Å². The highest BCUT2D eigenvalue weighted by Gasteiger charge is 2.04. The first kappa shape index (κ1) is 13.9. The molecule has 0 aliphatic rings. The molecule has 0 saturated heterocycles. The van der Waals surface area contributed by atoms with E-state index in [9.17, 15) is 8.42 Å². The molecule has 0 aromatic rings. The van der Waals surface area contributed by atoms with E-state index in [1.54, 1.807) is 24.3 Å². The minimum Gasteiger partial charge on any atom is -0.228 e. The second kappa shape index (κ2) is 8.24. The first-order valence-corrected chi connectivity index (χ1v) is 6.70. The van der Waals surface area contributed by atoms with Crippen LogP contribution in [0.4, 0.5) is 0 Å². The molecule has 0 aromatic carbocycles. The van der Waals surface area contributed by atoms with Crippen LogP contribution in [0.2, 0.25) is 0 Å². The van der Waals surface area contributed by atoms with Crippen molar-refractivity contribution >= 4 is 9.84 Å². The Morgan fingerprint density at radius 2 is 1.20 bits per heavy atom. The van der Waals surface area contributed by atoms with Gasteiger partial charge in [-0.15, -0.1) is 0 Å². The molecule has 0 aromatic heterocycles. The van der Waals surface area contributed by atoms with Crippen molar-refractivity contribution in [3.63, 3.8) is 0 Å². The Balaban J connectivity index is 4.09. The quantitative estimate of drug-likeness (QED) is 0.652. The Hall–Kier alpha value is -1.09. The van der Waals surface area contributed by atoms with Gasteiger partial charge >= 0.3 is 0 Å². The molecule has 0 aliphatic heterocycles. The summed E-state index contributed by atoms with van der Waals surface area (Å²) in [4.78, 5) is 0. The molecule has 0 spiro atoms. The van der Waals surface area contributed by atoms with Gasteiger partial charge in [-0.25, -0.2) is 8.42 Å². The van der Waals surface area contributed by atoms with E-state index in [0.29, 0.717) is 0 Å². The summed E-state index contributed by atoms with van der Waals surface area (Å²) in [6.07, 6.45) is 14.1. The van der Waals surface area contributed by atoms with E-state index in [1.807, 2.05) is 38.2 Å². The molecule has 0 heterocycles. The predicted octanol–water partition coefficient (Wildman–Crippen LogP) is 2.67. The minimum atomic E-state index is -2.98. The van der Waals surface area contributed by atoms with Crippen molar-refractivity contribution in [1.82, 2.24) is 0 Å².